The molecule has 92 valence electrons. The maximum absolute atomic E-state index is 10.6. The quantitative estimate of drug-likeness (QED) is 0.862. The molecule has 0 unspecified atom stereocenters. The van der Waals surface area contributed by atoms with Crippen molar-refractivity contribution < 1.29 is 14.7 Å². The second kappa shape index (κ2) is 7.40. The number of rotatable bonds is 2. The molecule has 0 heterocycles. The highest BCUT2D eigenvalue weighted by Crippen LogP contribution is 2.03. The van der Waals surface area contributed by atoms with Crippen molar-refractivity contribution in [1.29, 1.82) is 0 Å². The van der Waals surface area contributed by atoms with E-state index in [1.807, 2.05) is 18.2 Å². The van der Waals surface area contributed by atoms with Crippen molar-refractivity contribution in [2.75, 3.05) is 0 Å². The molecule has 18 heavy (non-hydrogen) atoms. The van der Waals surface area contributed by atoms with Gasteiger partial charge in [-0.25, -0.2) is 4.79 Å². The van der Waals surface area contributed by atoms with Crippen LogP contribution >= 0.6 is 15.9 Å². The van der Waals surface area contributed by atoms with Crippen molar-refractivity contribution >= 4 is 26.6 Å². The lowest BCUT2D eigenvalue weighted by Gasteiger charge is -1.88. The first kappa shape index (κ1) is 14.1. The molecule has 0 fully saturated rings. The SMILES string of the molecule is O=C(Br)c1ccccc1.O=C(O)c1ccccc1. The Kier molecular flexibility index (Phi) is 5.80. The summed E-state index contributed by atoms with van der Waals surface area (Å²) in [6.45, 7) is 0. The molecule has 0 spiro atoms. The number of hydrogen-bond donors (Lipinski definition) is 1. The minimum Gasteiger partial charge on any atom is -0.478 e. The first-order valence-electron chi connectivity index (χ1n) is 5.14. The number of halogens is 1. The molecule has 2 aromatic carbocycles. The summed E-state index contributed by atoms with van der Waals surface area (Å²) in [5, 5.41) is 8.38. The van der Waals surface area contributed by atoms with E-state index in [2.05, 4.69) is 15.9 Å². The van der Waals surface area contributed by atoms with E-state index >= 15 is 0 Å². The zero-order valence-corrected chi connectivity index (χ0v) is 11.0. The van der Waals surface area contributed by atoms with Crippen molar-refractivity contribution in [3.63, 3.8) is 0 Å². The molecule has 0 atom stereocenters. The molecule has 0 amide bonds. The van der Waals surface area contributed by atoms with Crippen LogP contribution in [0.4, 0.5) is 0 Å². The van der Waals surface area contributed by atoms with E-state index in [-0.39, 0.29) is 4.69 Å². The highest BCUT2D eigenvalue weighted by molar-refractivity contribution is 9.18. The van der Waals surface area contributed by atoms with Crippen molar-refractivity contribution in [3.8, 4) is 0 Å². The summed E-state index contributed by atoms with van der Waals surface area (Å²) in [6, 6.07) is 17.3. The number of hydrogen-bond acceptors (Lipinski definition) is 2. The second-order valence-corrected chi connectivity index (χ2v) is 4.03. The molecule has 2 aromatic rings. The van der Waals surface area contributed by atoms with Gasteiger partial charge >= 0.3 is 5.97 Å². The predicted molar refractivity (Wildman–Crippen MR) is 73.1 cm³/mol. The van der Waals surface area contributed by atoms with Gasteiger partial charge in [0.2, 0.25) is 4.69 Å². The number of carboxylic acid groups (broad SMARTS) is 1. The molecule has 1 N–H and O–H groups in total. The lowest BCUT2D eigenvalue weighted by Crippen LogP contribution is -1.93. The average Bonchev–Trinajstić information content (AvgIpc) is 2.41. The maximum atomic E-state index is 10.6. The van der Waals surface area contributed by atoms with Gasteiger partial charge < -0.3 is 5.11 Å². The van der Waals surface area contributed by atoms with Gasteiger partial charge in [-0.05, 0) is 28.1 Å². The minimum absolute atomic E-state index is 0.0666. The first-order valence-corrected chi connectivity index (χ1v) is 5.94. The van der Waals surface area contributed by atoms with Crippen LogP contribution in [0.15, 0.2) is 60.7 Å². The third kappa shape index (κ3) is 4.93. The number of benzene rings is 2. The largest absolute Gasteiger partial charge is 0.478 e. The van der Waals surface area contributed by atoms with Crippen LogP contribution in [0.3, 0.4) is 0 Å². The highest BCUT2D eigenvalue weighted by atomic mass is 79.9. The molecule has 0 aliphatic rings. The van der Waals surface area contributed by atoms with E-state index in [9.17, 15) is 9.59 Å². The van der Waals surface area contributed by atoms with E-state index in [0.29, 0.717) is 11.1 Å². The Bertz CT molecular complexity index is 460. The van der Waals surface area contributed by atoms with Gasteiger partial charge in [0, 0.05) is 5.56 Å². The summed E-state index contributed by atoms with van der Waals surface area (Å²) in [4.78, 5) is 20.8. The van der Waals surface area contributed by atoms with Crippen molar-refractivity contribution in [2.24, 2.45) is 0 Å². The van der Waals surface area contributed by atoms with Gasteiger partial charge in [0.15, 0.2) is 0 Å². The summed E-state index contributed by atoms with van der Waals surface area (Å²) in [7, 11) is 0. The molecule has 0 aliphatic carbocycles. The van der Waals surface area contributed by atoms with Crippen LogP contribution in [-0.4, -0.2) is 15.8 Å². The van der Waals surface area contributed by atoms with Crippen molar-refractivity contribution in [1.82, 2.24) is 0 Å². The third-order valence-corrected chi connectivity index (χ3v) is 2.48. The molecule has 0 saturated carbocycles. The van der Waals surface area contributed by atoms with Gasteiger partial charge in [0.05, 0.1) is 5.56 Å². The third-order valence-electron chi connectivity index (χ3n) is 2.02. The fourth-order valence-electron chi connectivity index (χ4n) is 1.15. The molecule has 3 nitrogen and oxygen atoms in total. The Labute approximate surface area is 113 Å². The Hall–Kier alpha value is -1.94. The van der Waals surface area contributed by atoms with Crippen LogP contribution in [0.2, 0.25) is 0 Å². The van der Waals surface area contributed by atoms with Gasteiger partial charge in [-0.2, -0.15) is 0 Å². The van der Waals surface area contributed by atoms with Crippen molar-refractivity contribution in [2.45, 2.75) is 0 Å². The van der Waals surface area contributed by atoms with E-state index in [1.54, 1.807) is 42.5 Å². The van der Waals surface area contributed by atoms with Crippen LogP contribution < -0.4 is 0 Å². The maximum Gasteiger partial charge on any atom is 0.335 e. The van der Waals surface area contributed by atoms with Crippen LogP contribution in [0.5, 0.6) is 0 Å². The summed E-state index contributed by atoms with van der Waals surface area (Å²) in [5.41, 5.74) is 1.02. The smallest absolute Gasteiger partial charge is 0.335 e. The van der Waals surface area contributed by atoms with Crippen LogP contribution in [0, 0.1) is 0 Å². The Morgan fingerprint density at radius 2 is 1.17 bits per heavy atom. The molecule has 0 aliphatic heterocycles. The summed E-state index contributed by atoms with van der Waals surface area (Å²) >= 11 is 2.84. The van der Waals surface area contributed by atoms with Gasteiger partial charge in [0.1, 0.15) is 0 Å². The van der Waals surface area contributed by atoms with Gasteiger partial charge in [-0.3, -0.25) is 4.79 Å². The number of aromatic carboxylic acids is 1. The molecular formula is C14H11BrO3. The highest BCUT2D eigenvalue weighted by Gasteiger charge is 1.96. The lowest BCUT2D eigenvalue weighted by atomic mass is 10.2. The number of carboxylic acids is 1. The summed E-state index contributed by atoms with van der Waals surface area (Å²) < 4.78 is -0.0666. The fourth-order valence-corrected chi connectivity index (χ4v) is 1.41. The molecule has 0 aromatic heterocycles. The van der Waals surface area contributed by atoms with E-state index < -0.39 is 5.97 Å². The monoisotopic (exact) mass is 306 g/mol. The molecule has 0 bridgehead atoms. The van der Waals surface area contributed by atoms with Crippen LogP contribution in [0.1, 0.15) is 20.7 Å². The first-order chi connectivity index (χ1) is 8.61. The van der Waals surface area contributed by atoms with Crippen LogP contribution in [0.25, 0.3) is 0 Å². The van der Waals surface area contributed by atoms with E-state index in [1.165, 1.54) is 0 Å². The standard InChI is InChI=1S/C7H5BrO.C7H6O2/c2*8-7(9)6-4-2-1-3-5-6/h1-5H;1-5H,(H,8,9). The van der Waals surface area contributed by atoms with Crippen molar-refractivity contribution in [3.05, 3.63) is 71.8 Å². The normalized spacial score (nSPS) is 8.94. The van der Waals surface area contributed by atoms with E-state index in [0.717, 1.165) is 0 Å². The van der Waals surface area contributed by atoms with E-state index in [4.69, 9.17) is 5.11 Å². The Balaban J connectivity index is 0.000000180. The number of carbonyl (C=O) groups excluding carboxylic acids is 1. The Morgan fingerprint density at radius 3 is 1.39 bits per heavy atom. The molecular weight excluding hydrogens is 296 g/mol. The molecule has 4 heteroatoms. The zero-order chi connectivity index (χ0) is 13.4. The van der Waals surface area contributed by atoms with Crippen LogP contribution in [-0.2, 0) is 0 Å². The minimum atomic E-state index is -0.879. The molecule has 0 radical (unpaired) electrons. The predicted octanol–water partition coefficient (Wildman–Crippen LogP) is 3.61. The topological polar surface area (TPSA) is 54.4 Å². The van der Waals surface area contributed by atoms with Gasteiger partial charge in [-0.1, -0.05) is 48.5 Å². The fraction of sp³-hybridized carbons (Fsp3) is 0. The van der Waals surface area contributed by atoms with Gasteiger partial charge in [0.25, 0.3) is 0 Å². The second-order valence-electron chi connectivity index (χ2n) is 3.31. The average molecular weight is 307 g/mol. The molecule has 0 saturated heterocycles. The summed E-state index contributed by atoms with van der Waals surface area (Å²) in [6.07, 6.45) is 0. The lowest BCUT2D eigenvalue weighted by molar-refractivity contribution is 0.0696. The zero-order valence-electron chi connectivity index (χ0n) is 9.42. The van der Waals surface area contributed by atoms with Gasteiger partial charge in [-0.15, -0.1) is 0 Å². The molecule has 2 rings (SSSR count). The Morgan fingerprint density at radius 1 is 0.778 bits per heavy atom. The number of carbonyl (C=O) groups is 2. The summed E-state index contributed by atoms with van der Waals surface area (Å²) in [5.74, 6) is -0.879.